The molecule has 10 heteroatoms. The molecule has 0 saturated heterocycles. The van der Waals surface area contributed by atoms with Crippen LogP contribution in [0.1, 0.15) is 16.1 Å². The maximum atomic E-state index is 12.2. The van der Waals surface area contributed by atoms with Gasteiger partial charge >= 0.3 is 18.1 Å². The van der Waals surface area contributed by atoms with Crippen molar-refractivity contribution in [1.29, 1.82) is 0 Å². The van der Waals surface area contributed by atoms with Crippen molar-refractivity contribution in [1.82, 2.24) is 9.78 Å². The summed E-state index contributed by atoms with van der Waals surface area (Å²) in [6.07, 6.45) is -5.15. The fourth-order valence-corrected chi connectivity index (χ4v) is 1.40. The van der Waals surface area contributed by atoms with Crippen LogP contribution in [0.2, 0.25) is 0 Å². The van der Waals surface area contributed by atoms with Crippen LogP contribution >= 0.6 is 0 Å². The maximum absolute atomic E-state index is 12.2. The Labute approximate surface area is 104 Å². The maximum Gasteiger partial charge on any atom is 0.471 e. The molecule has 1 aromatic rings. The lowest BCUT2D eigenvalue weighted by molar-refractivity contribution is -0.167. The molecule has 0 aliphatic rings. The number of aliphatic hydroxyl groups is 1. The van der Waals surface area contributed by atoms with Crippen LogP contribution in [-0.2, 0) is 11.3 Å². The molecule has 0 aliphatic heterocycles. The SMILES string of the molecule is Cc1nn(CCO)c(NC(=O)C(F)(F)F)c1C(=O)O. The summed E-state index contributed by atoms with van der Waals surface area (Å²) in [5, 5.41) is 22.7. The van der Waals surface area contributed by atoms with Crippen molar-refractivity contribution in [2.45, 2.75) is 19.6 Å². The van der Waals surface area contributed by atoms with Crippen LogP contribution in [0.15, 0.2) is 0 Å². The molecule has 1 aromatic heterocycles. The number of hydrogen-bond donors (Lipinski definition) is 3. The fraction of sp³-hybridized carbons (Fsp3) is 0.444. The van der Waals surface area contributed by atoms with Gasteiger partial charge < -0.3 is 15.5 Å². The van der Waals surface area contributed by atoms with E-state index >= 15 is 0 Å². The molecule has 106 valence electrons. The molecule has 0 aromatic carbocycles. The Morgan fingerprint density at radius 1 is 1.42 bits per heavy atom. The van der Waals surface area contributed by atoms with Gasteiger partial charge in [-0.2, -0.15) is 18.3 Å². The Morgan fingerprint density at radius 2 is 2.00 bits per heavy atom. The molecule has 0 radical (unpaired) electrons. The van der Waals surface area contributed by atoms with Crippen LogP contribution in [0.3, 0.4) is 0 Å². The number of alkyl halides is 3. The van der Waals surface area contributed by atoms with Crippen LogP contribution in [0.4, 0.5) is 19.0 Å². The number of aromatic nitrogens is 2. The number of carboxylic acid groups (broad SMARTS) is 1. The highest BCUT2D eigenvalue weighted by atomic mass is 19.4. The van der Waals surface area contributed by atoms with Gasteiger partial charge in [0, 0.05) is 0 Å². The van der Waals surface area contributed by atoms with E-state index in [2.05, 4.69) is 5.10 Å². The number of anilines is 1. The number of aliphatic hydroxyl groups excluding tert-OH is 1. The second-order valence-corrected chi connectivity index (χ2v) is 3.51. The molecule has 0 fully saturated rings. The number of aromatic carboxylic acids is 1. The van der Waals surface area contributed by atoms with Gasteiger partial charge in [-0.25, -0.2) is 9.48 Å². The van der Waals surface area contributed by atoms with Crippen molar-refractivity contribution in [2.24, 2.45) is 0 Å². The molecule has 1 heterocycles. The number of halogens is 3. The molecule has 0 atom stereocenters. The Hall–Kier alpha value is -2.10. The number of nitrogens with zero attached hydrogens (tertiary/aromatic N) is 2. The summed E-state index contributed by atoms with van der Waals surface area (Å²) in [5.41, 5.74) is -0.621. The molecule has 0 unspecified atom stereocenters. The van der Waals surface area contributed by atoms with E-state index in [1.807, 2.05) is 0 Å². The minimum absolute atomic E-state index is 0.0709. The van der Waals surface area contributed by atoms with Crippen molar-refractivity contribution in [2.75, 3.05) is 11.9 Å². The van der Waals surface area contributed by atoms with Crippen molar-refractivity contribution >= 4 is 17.7 Å². The number of carboxylic acids is 1. The molecule has 0 spiro atoms. The van der Waals surface area contributed by atoms with Crippen molar-refractivity contribution in [3.63, 3.8) is 0 Å². The standard InChI is InChI=1S/C9H10F3N3O4/c1-4-5(7(17)18)6(15(14-4)2-3-16)13-8(19)9(10,11)12/h16H,2-3H2,1H3,(H,13,19)(H,17,18). The molecule has 0 saturated carbocycles. The van der Waals surface area contributed by atoms with Crippen LogP contribution in [-0.4, -0.2) is 44.7 Å². The first-order valence-electron chi connectivity index (χ1n) is 4.98. The van der Waals surface area contributed by atoms with Gasteiger partial charge in [-0.05, 0) is 6.92 Å². The molecule has 19 heavy (non-hydrogen) atoms. The predicted molar refractivity (Wildman–Crippen MR) is 55.7 cm³/mol. The summed E-state index contributed by atoms with van der Waals surface area (Å²) >= 11 is 0. The van der Waals surface area contributed by atoms with E-state index in [0.717, 1.165) is 4.68 Å². The van der Waals surface area contributed by atoms with E-state index < -0.39 is 36.0 Å². The molecule has 7 nitrogen and oxygen atoms in total. The molecular weight excluding hydrogens is 271 g/mol. The molecule has 1 rings (SSSR count). The highest BCUT2D eigenvalue weighted by Gasteiger charge is 2.40. The van der Waals surface area contributed by atoms with Gasteiger partial charge in [-0.3, -0.25) is 4.79 Å². The van der Waals surface area contributed by atoms with Gasteiger partial charge in [0.1, 0.15) is 11.4 Å². The van der Waals surface area contributed by atoms with E-state index in [9.17, 15) is 22.8 Å². The number of carbonyl (C=O) groups excluding carboxylic acids is 1. The first-order chi connectivity index (χ1) is 8.68. The van der Waals surface area contributed by atoms with Gasteiger partial charge in [0.2, 0.25) is 0 Å². The van der Waals surface area contributed by atoms with Crippen molar-refractivity contribution < 1.29 is 33.0 Å². The quantitative estimate of drug-likeness (QED) is 0.740. The van der Waals surface area contributed by atoms with Gasteiger partial charge in [-0.1, -0.05) is 0 Å². The lowest BCUT2D eigenvalue weighted by Crippen LogP contribution is -2.31. The van der Waals surface area contributed by atoms with Gasteiger partial charge in [0.05, 0.1) is 18.8 Å². The predicted octanol–water partition coefficient (Wildman–Crippen LogP) is 0.383. The molecule has 1 amide bonds. The zero-order valence-corrected chi connectivity index (χ0v) is 9.65. The highest BCUT2D eigenvalue weighted by Crippen LogP contribution is 2.23. The highest BCUT2D eigenvalue weighted by molar-refractivity contribution is 6.01. The molecule has 3 N–H and O–H groups in total. The molecule has 0 bridgehead atoms. The summed E-state index contributed by atoms with van der Waals surface area (Å²) in [4.78, 5) is 21.8. The van der Waals surface area contributed by atoms with Crippen LogP contribution in [0.25, 0.3) is 0 Å². The number of aryl methyl sites for hydroxylation is 1. The topological polar surface area (TPSA) is 104 Å². The smallest absolute Gasteiger partial charge is 0.471 e. The number of carbonyl (C=O) groups is 2. The normalized spacial score (nSPS) is 11.4. The number of nitrogens with one attached hydrogen (secondary N) is 1. The number of hydrogen-bond acceptors (Lipinski definition) is 4. The van der Waals surface area contributed by atoms with E-state index in [1.54, 1.807) is 0 Å². The number of amides is 1. The first kappa shape index (κ1) is 15.0. The fourth-order valence-electron chi connectivity index (χ4n) is 1.40. The van der Waals surface area contributed by atoms with Gasteiger partial charge in [0.25, 0.3) is 0 Å². The Bertz CT molecular complexity index is 510. The van der Waals surface area contributed by atoms with E-state index in [-0.39, 0.29) is 12.2 Å². The second-order valence-electron chi connectivity index (χ2n) is 3.51. The summed E-state index contributed by atoms with van der Waals surface area (Å²) in [7, 11) is 0. The summed E-state index contributed by atoms with van der Waals surface area (Å²) < 4.78 is 37.3. The van der Waals surface area contributed by atoms with E-state index in [1.165, 1.54) is 12.2 Å². The van der Waals surface area contributed by atoms with Gasteiger partial charge in [-0.15, -0.1) is 0 Å². The Morgan fingerprint density at radius 3 is 2.42 bits per heavy atom. The molecule has 0 aliphatic carbocycles. The van der Waals surface area contributed by atoms with E-state index in [0.29, 0.717) is 0 Å². The average molecular weight is 281 g/mol. The van der Waals surface area contributed by atoms with Crippen molar-refractivity contribution in [3.8, 4) is 0 Å². The Kier molecular flexibility index (Phi) is 4.14. The third-order valence-electron chi connectivity index (χ3n) is 2.14. The largest absolute Gasteiger partial charge is 0.477 e. The first-order valence-corrected chi connectivity index (χ1v) is 4.98. The second kappa shape index (κ2) is 5.26. The third-order valence-corrected chi connectivity index (χ3v) is 2.14. The van der Waals surface area contributed by atoms with Crippen LogP contribution in [0.5, 0.6) is 0 Å². The average Bonchev–Trinajstić information content (AvgIpc) is 2.54. The monoisotopic (exact) mass is 281 g/mol. The summed E-state index contributed by atoms with van der Waals surface area (Å²) in [6, 6.07) is 0. The lowest BCUT2D eigenvalue weighted by Gasteiger charge is -2.10. The van der Waals surface area contributed by atoms with E-state index in [4.69, 9.17) is 10.2 Å². The zero-order chi connectivity index (χ0) is 14.8. The lowest BCUT2D eigenvalue weighted by atomic mass is 10.2. The summed E-state index contributed by atoms with van der Waals surface area (Å²) in [6.45, 7) is 0.539. The summed E-state index contributed by atoms with van der Waals surface area (Å²) in [5.74, 6) is -4.45. The van der Waals surface area contributed by atoms with Crippen LogP contribution in [0, 0.1) is 6.92 Å². The third kappa shape index (κ3) is 3.22. The zero-order valence-electron chi connectivity index (χ0n) is 9.65. The molecular formula is C9H10F3N3O4. The minimum atomic E-state index is -5.15. The van der Waals surface area contributed by atoms with Crippen LogP contribution < -0.4 is 5.32 Å². The Balaban J connectivity index is 3.22. The number of rotatable bonds is 4. The van der Waals surface area contributed by atoms with Gasteiger partial charge in [0.15, 0.2) is 0 Å². The minimum Gasteiger partial charge on any atom is -0.477 e. The van der Waals surface area contributed by atoms with Crippen molar-refractivity contribution in [3.05, 3.63) is 11.3 Å².